The highest BCUT2D eigenvalue weighted by atomic mass is 19.4. The Hall–Kier alpha value is -2.76. The highest BCUT2D eigenvalue weighted by Gasteiger charge is 2.34. The molecule has 0 aliphatic heterocycles. The van der Waals surface area contributed by atoms with Gasteiger partial charge in [0.2, 0.25) is 0 Å². The van der Waals surface area contributed by atoms with Crippen molar-refractivity contribution < 1.29 is 27.9 Å². The Bertz CT molecular complexity index is 705. The average molecular weight is 355 g/mol. The van der Waals surface area contributed by atoms with Gasteiger partial charge in [0, 0.05) is 11.7 Å². The van der Waals surface area contributed by atoms with E-state index in [2.05, 4.69) is 10.6 Å². The monoisotopic (exact) mass is 355 g/mol. The van der Waals surface area contributed by atoms with Crippen molar-refractivity contribution in [3.05, 3.63) is 29.3 Å². The Morgan fingerprint density at radius 1 is 1.20 bits per heavy atom. The summed E-state index contributed by atoms with van der Waals surface area (Å²) in [7, 11) is 0. The molecule has 0 spiro atoms. The SMILES string of the molecule is N#Cc1ccc(NC(=O)NC2CCC(C(=O)O)CC2)cc1C(F)(F)F. The summed E-state index contributed by atoms with van der Waals surface area (Å²) >= 11 is 0. The highest BCUT2D eigenvalue weighted by molar-refractivity contribution is 5.89. The molecule has 6 nitrogen and oxygen atoms in total. The third-order valence-electron chi connectivity index (χ3n) is 4.11. The zero-order valence-corrected chi connectivity index (χ0v) is 13.1. The molecule has 1 aromatic rings. The van der Waals surface area contributed by atoms with Crippen LogP contribution in [0.2, 0.25) is 0 Å². The van der Waals surface area contributed by atoms with Gasteiger partial charge in [0.05, 0.1) is 23.1 Å². The highest BCUT2D eigenvalue weighted by Crippen LogP contribution is 2.33. The van der Waals surface area contributed by atoms with Gasteiger partial charge < -0.3 is 15.7 Å². The number of halogens is 3. The first-order valence-electron chi connectivity index (χ1n) is 7.62. The fourth-order valence-corrected chi connectivity index (χ4v) is 2.79. The minimum atomic E-state index is -4.70. The van der Waals surface area contributed by atoms with E-state index in [1.54, 1.807) is 0 Å². The maximum absolute atomic E-state index is 12.9. The predicted octanol–water partition coefficient (Wildman–Crippen LogP) is 3.34. The molecular weight excluding hydrogens is 339 g/mol. The lowest BCUT2D eigenvalue weighted by Gasteiger charge is -2.26. The minimum Gasteiger partial charge on any atom is -0.481 e. The van der Waals surface area contributed by atoms with E-state index in [0.717, 1.165) is 6.07 Å². The fraction of sp³-hybridized carbons (Fsp3) is 0.438. The lowest BCUT2D eigenvalue weighted by Crippen LogP contribution is -2.41. The fourth-order valence-electron chi connectivity index (χ4n) is 2.79. The lowest BCUT2D eigenvalue weighted by atomic mass is 9.86. The molecule has 0 heterocycles. The van der Waals surface area contributed by atoms with E-state index in [0.29, 0.717) is 31.7 Å². The second kappa shape index (κ2) is 7.42. The summed E-state index contributed by atoms with van der Waals surface area (Å²) in [6, 6.07) is 3.49. The number of anilines is 1. The van der Waals surface area contributed by atoms with Gasteiger partial charge in [-0.15, -0.1) is 0 Å². The number of amides is 2. The lowest BCUT2D eigenvalue weighted by molar-refractivity contribution is -0.143. The molecule has 0 saturated heterocycles. The number of carbonyl (C=O) groups excluding carboxylic acids is 1. The Morgan fingerprint density at radius 2 is 1.84 bits per heavy atom. The van der Waals surface area contributed by atoms with Crippen LogP contribution >= 0.6 is 0 Å². The zero-order valence-electron chi connectivity index (χ0n) is 13.1. The molecule has 25 heavy (non-hydrogen) atoms. The summed E-state index contributed by atoms with van der Waals surface area (Å²) in [6.07, 6.45) is -2.84. The number of nitriles is 1. The first-order valence-corrected chi connectivity index (χ1v) is 7.62. The summed E-state index contributed by atoms with van der Waals surface area (Å²) in [5.74, 6) is -1.28. The summed E-state index contributed by atoms with van der Waals surface area (Å²) in [6.45, 7) is 0. The second-order valence-electron chi connectivity index (χ2n) is 5.86. The maximum Gasteiger partial charge on any atom is 0.417 e. The normalized spacial score (nSPS) is 20.4. The Kier molecular flexibility index (Phi) is 5.51. The number of alkyl halides is 3. The first-order chi connectivity index (χ1) is 11.7. The van der Waals surface area contributed by atoms with Gasteiger partial charge in [0.1, 0.15) is 0 Å². The number of carbonyl (C=O) groups is 2. The van der Waals surface area contributed by atoms with E-state index in [9.17, 15) is 22.8 Å². The summed E-state index contributed by atoms with van der Waals surface area (Å²) < 4.78 is 38.7. The van der Waals surface area contributed by atoms with Crippen LogP contribution in [0.1, 0.15) is 36.8 Å². The number of nitrogens with one attached hydrogen (secondary N) is 2. The number of hydrogen-bond donors (Lipinski definition) is 3. The molecule has 0 bridgehead atoms. The number of aliphatic carboxylic acids is 1. The van der Waals surface area contributed by atoms with Crippen molar-refractivity contribution in [2.45, 2.75) is 37.9 Å². The van der Waals surface area contributed by atoms with Gasteiger partial charge in [-0.1, -0.05) is 0 Å². The first kappa shape index (κ1) is 18.6. The molecule has 0 radical (unpaired) electrons. The molecule has 1 fully saturated rings. The summed E-state index contributed by atoms with van der Waals surface area (Å²) in [5, 5.41) is 22.6. The molecule has 134 valence electrons. The van der Waals surface area contributed by atoms with E-state index >= 15 is 0 Å². The molecule has 0 atom stereocenters. The van der Waals surface area contributed by atoms with Crippen LogP contribution in [0.15, 0.2) is 18.2 Å². The third-order valence-corrected chi connectivity index (χ3v) is 4.11. The van der Waals surface area contributed by atoms with E-state index in [1.165, 1.54) is 12.1 Å². The van der Waals surface area contributed by atoms with E-state index < -0.39 is 35.2 Å². The Balaban J connectivity index is 1.97. The van der Waals surface area contributed by atoms with Crippen molar-refractivity contribution in [3.63, 3.8) is 0 Å². The van der Waals surface area contributed by atoms with Crippen LogP contribution in [0.3, 0.4) is 0 Å². The van der Waals surface area contributed by atoms with Crippen molar-refractivity contribution in [1.29, 1.82) is 5.26 Å². The third kappa shape index (κ3) is 4.86. The number of nitrogens with zero attached hydrogens (tertiary/aromatic N) is 1. The molecule has 9 heteroatoms. The van der Waals surface area contributed by atoms with Crippen LogP contribution < -0.4 is 10.6 Å². The molecule has 2 amide bonds. The van der Waals surface area contributed by atoms with Gasteiger partial charge in [0.25, 0.3) is 0 Å². The van der Waals surface area contributed by atoms with Gasteiger partial charge in [-0.3, -0.25) is 4.79 Å². The van der Waals surface area contributed by atoms with Gasteiger partial charge in [-0.05, 0) is 43.9 Å². The van der Waals surface area contributed by atoms with E-state index in [-0.39, 0.29) is 11.7 Å². The van der Waals surface area contributed by atoms with Gasteiger partial charge in [-0.25, -0.2) is 4.79 Å². The molecular formula is C16H16F3N3O3. The van der Waals surface area contributed by atoms with Crippen molar-refractivity contribution in [3.8, 4) is 6.07 Å². The number of urea groups is 1. The van der Waals surface area contributed by atoms with E-state index in [4.69, 9.17) is 10.4 Å². The Labute approximate surface area is 141 Å². The van der Waals surface area contributed by atoms with Crippen molar-refractivity contribution in [2.75, 3.05) is 5.32 Å². The molecule has 2 rings (SSSR count). The van der Waals surface area contributed by atoms with Crippen molar-refractivity contribution in [2.24, 2.45) is 5.92 Å². The van der Waals surface area contributed by atoms with Gasteiger partial charge in [-0.2, -0.15) is 18.4 Å². The molecule has 1 aliphatic carbocycles. The summed E-state index contributed by atoms with van der Waals surface area (Å²) in [4.78, 5) is 22.8. The average Bonchev–Trinajstić information content (AvgIpc) is 2.54. The van der Waals surface area contributed by atoms with Crippen LogP contribution in [0.4, 0.5) is 23.7 Å². The maximum atomic E-state index is 12.9. The van der Waals surface area contributed by atoms with Crippen molar-refractivity contribution in [1.82, 2.24) is 5.32 Å². The van der Waals surface area contributed by atoms with E-state index in [1.807, 2.05) is 0 Å². The Morgan fingerprint density at radius 3 is 2.36 bits per heavy atom. The van der Waals surface area contributed by atoms with Crippen molar-refractivity contribution >= 4 is 17.7 Å². The number of rotatable bonds is 3. The summed E-state index contributed by atoms with van der Waals surface area (Å²) in [5.41, 5.74) is -1.72. The number of carboxylic acids is 1. The molecule has 0 unspecified atom stereocenters. The topological polar surface area (TPSA) is 102 Å². The zero-order chi connectivity index (χ0) is 18.6. The smallest absolute Gasteiger partial charge is 0.417 e. The van der Waals surface area contributed by atoms with Crippen LogP contribution in [-0.4, -0.2) is 23.1 Å². The molecule has 1 aromatic carbocycles. The quantitative estimate of drug-likeness (QED) is 0.774. The molecule has 0 aromatic heterocycles. The molecule has 1 saturated carbocycles. The van der Waals surface area contributed by atoms with Gasteiger partial charge in [0.15, 0.2) is 0 Å². The van der Waals surface area contributed by atoms with Gasteiger partial charge >= 0.3 is 18.2 Å². The largest absolute Gasteiger partial charge is 0.481 e. The molecule has 3 N–H and O–H groups in total. The van der Waals surface area contributed by atoms with Crippen LogP contribution in [0.25, 0.3) is 0 Å². The predicted molar refractivity (Wildman–Crippen MR) is 81.7 cm³/mol. The number of benzene rings is 1. The number of carboxylic acid groups (broad SMARTS) is 1. The van der Waals surface area contributed by atoms with Crippen LogP contribution in [-0.2, 0) is 11.0 Å². The molecule has 1 aliphatic rings. The van der Waals surface area contributed by atoms with Crippen LogP contribution in [0.5, 0.6) is 0 Å². The minimum absolute atomic E-state index is 0.0805. The van der Waals surface area contributed by atoms with Crippen LogP contribution in [0, 0.1) is 17.2 Å². The number of hydrogen-bond acceptors (Lipinski definition) is 3. The standard InChI is InChI=1S/C16H16F3N3O3/c17-16(18,19)13-7-12(6-3-10(13)8-20)22-15(25)21-11-4-1-9(2-5-11)14(23)24/h3,6-7,9,11H,1-2,4-5H2,(H,23,24)(H2,21,22,25). The second-order valence-corrected chi connectivity index (χ2v) is 5.86.